The van der Waals surface area contributed by atoms with Crippen molar-refractivity contribution >= 4 is 33.9 Å². The van der Waals surface area contributed by atoms with Crippen LogP contribution in [0.4, 0.5) is 0 Å². The van der Waals surface area contributed by atoms with Crippen LogP contribution in [0.15, 0.2) is 134 Å². The maximum absolute atomic E-state index is 10.8. The molecule has 202 valence electrons. The van der Waals surface area contributed by atoms with Crippen molar-refractivity contribution in [2.24, 2.45) is 0 Å². The molecule has 1 N–H and O–H groups in total. The summed E-state index contributed by atoms with van der Waals surface area (Å²) in [5, 5.41) is 2.79. The minimum atomic E-state index is -1.22. The van der Waals surface area contributed by atoms with E-state index in [0.717, 1.165) is 37.1 Å². The van der Waals surface area contributed by atoms with E-state index >= 15 is 0 Å². The van der Waals surface area contributed by atoms with E-state index in [4.69, 9.17) is 0 Å². The molecule has 39 heavy (non-hydrogen) atoms. The third-order valence-electron chi connectivity index (χ3n) is 8.08. The zero-order chi connectivity index (χ0) is 28.0. The first kappa shape index (κ1) is 29.7. The summed E-state index contributed by atoms with van der Waals surface area (Å²) in [5.41, 5.74) is 5.36. The van der Waals surface area contributed by atoms with Crippen molar-refractivity contribution < 1.29 is 9.28 Å². The maximum atomic E-state index is 10.8. The van der Waals surface area contributed by atoms with Crippen LogP contribution < -0.4 is 27.2 Å². The lowest BCUT2D eigenvalue weighted by Crippen LogP contribution is -2.74. The Morgan fingerprint density at radius 3 is 1.31 bits per heavy atom. The standard InChI is InChI=1S/C24H20B.C11H22N2O/c1-5-13-21(14-6-1)25(22-15-7-2-8-16-22,23-17-9-3-10-18-23)24-19-11-4-12-20-24;1-5-11(14)12-9-8-10-13(4,6-2)7-3/h1-20H;5H,1,6-10H2,2-4H3/q-1;/p+1. The van der Waals surface area contributed by atoms with E-state index in [1.165, 1.54) is 27.9 Å². The monoisotopic (exact) mass is 518 g/mol. The van der Waals surface area contributed by atoms with E-state index in [0.29, 0.717) is 0 Å². The average molecular weight is 519 g/mol. The number of nitrogens with one attached hydrogen (secondary N) is 1. The van der Waals surface area contributed by atoms with Gasteiger partial charge in [0, 0.05) is 13.0 Å². The molecule has 0 fully saturated rings. The van der Waals surface area contributed by atoms with Gasteiger partial charge >= 0.3 is 0 Å². The van der Waals surface area contributed by atoms with Crippen molar-refractivity contribution in [1.82, 2.24) is 5.32 Å². The molecule has 0 aliphatic heterocycles. The van der Waals surface area contributed by atoms with Gasteiger partial charge in [-0.2, -0.15) is 21.9 Å². The Balaban J connectivity index is 0.000000258. The third-order valence-corrected chi connectivity index (χ3v) is 8.08. The molecule has 0 saturated heterocycles. The molecule has 4 aromatic rings. The highest BCUT2D eigenvalue weighted by Crippen LogP contribution is 2.09. The fraction of sp³-hybridized carbons (Fsp3) is 0.229. The van der Waals surface area contributed by atoms with E-state index in [1.807, 2.05) is 0 Å². The minimum absolute atomic E-state index is 0.0767. The average Bonchev–Trinajstić information content (AvgIpc) is 3.02. The number of rotatable bonds is 11. The molecule has 4 aromatic carbocycles. The lowest BCUT2D eigenvalue weighted by molar-refractivity contribution is -0.906. The molecule has 0 aliphatic rings. The van der Waals surface area contributed by atoms with Crippen molar-refractivity contribution in [3.63, 3.8) is 0 Å². The van der Waals surface area contributed by atoms with E-state index in [9.17, 15) is 4.79 Å². The van der Waals surface area contributed by atoms with Crippen LogP contribution in [-0.4, -0.2) is 49.8 Å². The fourth-order valence-corrected chi connectivity index (χ4v) is 5.41. The summed E-state index contributed by atoms with van der Waals surface area (Å²) in [7, 11) is 2.25. The van der Waals surface area contributed by atoms with E-state index in [1.54, 1.807) is 0 Å². The van der Waals surface area contributed by atoms with Gasteiger partial charge in [0.15, 0.2) is 0 Å². The number of hydrogen-bond donors (Lipinski definition) is 1. The summed E-state index contributed by atoms with van der Waals surface area (Å²) < 4.78 is 1.07. The van der Waals surface area contributed by atoms with Gasteiger partial charge in [0.05, 0.1) is 26.7 Å². The molecule has 3 nitrogen and oxygen atoms in total. The van der Waals surface area contributed by atoms with Crippen LogP contribution in [0.2, 0.25) is 0 Å². The SMILES string of the molecule is C=CC(=O)NCCC[N+](C)(CC)CC.c1ccc([B-](c2ccccc2)(c2ccccc2)c2ccccc2)cc1. The Kier molecular flexibility index (Phi) is 11.3. The van der Waals surface area contributed by atoms with Gasteiger partial charge in [0.1, 0.15) is 6.15 Å². The first-order valence-corrected chi connectivity index (χ1v) is 14.1. The van der Waals surface area contributed by atoms with Crippen LogP contribution in [0.5, 0.6) is 0 Å². The van der Waals surface area contributed by atoms with E-state index in [2.05, 4.69) is 154 Å². The first-order chi connectivity index (χ1) is 19.0. The number of benzene rings is 4. The lowest BCUT2D eigenvalue weighted by Gasteiger charge is -2.44. The van der Waals surface area contributed by atoms with Gasteiger partial charge < -0.3 is 9.80 Å². The van der Waals surface area contributed by atoms with Crippen LogP contribution >= 0.6 is 0 Å². The summed E-state index contributed by atoms with van der Waals surface area (Å²) in [4.78, 5) is 10.8. The smallest absolute Gasteiger partial charge is 0.243 e. The van der Waals surface area contributed by atoms with Gasteiger partial charge in [0.25, 0.3) is 0 Å². The number of nitrogens with zero attached hydrogens (tertiary/aromatic N) is 1. The van der Waals surface area contributed by atoms with Gasteiger partial charge in [0.2, 0.25) is 5.91 Å². The van der Waals surface area contributed by atoms with Gasteiger partial charge in [-0.15, -0.1) is 0 Å². The first-order valence-electron chi connectivity index (χ1n) is 14.1. The second-order valence-electron chi connectivity index (χ2n) is 10.3. The lowest BCUT2D eigenvalue weighted by atomic mass is 9.13. The number of carbonyl (C=O) groups excluding carboxylic acids is 1. The normalized spacial score (nSPS) is 11.2. The predicted molar refractivity (Wildman–Crippen MR) is 170 cm³/mol. The molecule has 4 rings (SSSR count). The van der Waals surface area contributed by atoms with E-state index < -0.39 is 6.15 Å². The maximum Gasteiger partial charge on any atom is 0.243 e. The summed E-state index contributed by atoms with van der Waals surface area (Å²) in [6.07, 6.45) is 1.12. The molecule has 0 saturated carbocycles. The second kappa shape index (κ2) is 14.9. The Hall–Kier alpha value is -3.89. The van der Waals surface area contributed by atoms with Crippen molar-refractivity contribution in [1.29, 1.82) is 0 Å². The molecule has 0 radical (unpaired) electrons. The van der Waals surface area contributed by atoms with E-state index in [-0.39, 0.29) is 5.91 Å². The Bertz CT molecular complexity index is 1090. The van der Waals surface area contributed by atoms with Gasteiger partial charge in [-0.25, -0.2) is 0 Å². The van der Waals surface area contributed by atoms with Crippen LogP contribution in [0.25, 0.3) is 0 Å². The largest absolute Gasteiger partial charge is 0.352 e. The number of carbonyl (C=O) groups is 1. The molecule has 0 aromatic heterocycles. The fourth-order valence-electron chi connectivity index (χ4n) is 5.41. The molecule has 1 amide bonds. The highest BCUT2D eigenvalue weighted by molar-refractivity contribution is 7.19. The summed E-state index contributed by atoms with van der Waals surface area (Å²) in [6, 6.07) is 43.5. The molecule has 0 aliphatic carbocycles. The zero-order valence-corrected chi connectivity index (χ0v) is 23.8. The molecule has 0 atom stereocenters. The highest BCUT2D eigenvalue weighted by Gasteiger charge is 2.31. The van der Waals surface area contributed by atoms with Crippen LogP contribution in [0, 0.1) is 0 Å². The number of hydrogen-bond acceptors (Lipinski definition) is 1. The topological polar surface area (TPSA) is 29.1 Å². The third kappa shape index (κ3) is 7.58. The second-order valence-corrected chi connectivity index (χ2v) is 10.3. The minimum Gasteiger partial charge on any atom is -0.352 e. The Morgan fingerprint density at radius 1 is 0.692 bits per heavy atom. The van der Waals surface area contributed by atoms with Gasteiger partial charge in [-0.1, -0.05) is 128 Å². The molecular formula is C35H43BN2O. The van der Waals surface area contributed by atoms with Crippen LogP contribution in [-0.2, 0) is 4.79 Å². The molecule has 0 spiro atoms. The van der Waals surface area contributed by atoms with Crippen molar-refractivity contribution in [2.75, 3.05) is 33.2 Å². The highest BCUT2D eigenvalue weighted by atomic mass is 16.1. The van der Waals surface area contributed by atoms with Crippen LogP contribution in [0.1, 0.15) is 20.3 Å². The number of amides is 1. The van der Waals surface area contributed by atoms with Crippen LogP contribution in [0.3, 0.4) is 0 Å². The summed E-state index contributed by atoms with van der Waals surface area (Å²) in [5.74, 6) is -0.0767. The molecular weight excluding hydrogens is 475 g/mol. The van der Waals surface area contributed by atoms with Crippen molar-refractivity contribution in [3.8, 4) is 0 Å². The molecule has 0 unspecified atom stereocenters. The van der Waals surface area contributed by atoms with Crippen molar-refractivity contribution in [2.45, 2.75) is 20.3 Å². The zero-order valence-electron chi connectivity index (χ0n) is 23.8. The van der Waals surface area contributed by atoms with Gasteiger partial charge in [-0.05, 0) is 19.9 Å². The van der Waals surface area contributed by atoms with Crippen molar-refractivity contribution in [3.05, 3.63) is 134 Å². The molecule has 0 bridgehead atoms. The summed E-state index contributed by atoms with van der Waals surface area (Å²) in [6.45, 7) is 12.0. The molecule has 0 heterocycles. The molecule has 4 heteroatoms. The summed E-state index contributed by atoms with van der Waals surface area (Å²) >= 11 is 0. The predicted octanol–water partition coefficient (Wildman–Crippen LogP) is 4.23. The Morgan fingerprint density at radius 2 is 1.03 bits per heavy atom. The van der Waals surface area contributed by atoms with Gasteiger partial charge in [-0.3, -0.25) is 4.79 Å². The Labute approximate surface area is 235 Å². The quantitative estimate of drug-likeness (QED) is 0.137. The number of quaternary nitrogens is 1.